The molecule has 1 aliphatic heterocycles. The Labute approximate surface area is 118 Å². The minimum absolute atomic E-state index is 0.0535. The first-order valence-corrected chi connectivity index (χ1v) is 7.78. The van der Waals surface area contributed by atoms with Crippen LogP contribution in [-0.4, -0.2) is 53.4 Å². The number of nitrogens with zero attached hydrogens (tertiary/aromatic N) is 1. The summed E-state index contributed by atoms with van der Waals surface area (Å²) in [5.41, 5.74) is 6.12. The summed E-state index contributed by atoms with van der Waals surface area (Å²) in [6.07, 6.45) is 3.97. The maximum Gasteiger partial charge on any atom is 0.0526 e. The van der Waals surface area contributed by atoms with Crippen molar-refractivity contribution in [3.8, 4) is 0 Å². The monoisotopic (exact) mass is 271 g/mol. The van der Waals surface area contributed by atoms with Gasteiger partial charge in [0.2, 0.25) is 0 Å². The van der Waals surface area contributed by atoms with Crippen molar-refractivity contribution in [1.82, 2.24) is 10.2 Å². The topological polar surface area (TPSA) is 61.5 Å². The average Bonchev–Trinajstić information content (AvgIpc) is 2.51. The first-order valence-electron chi connectivity index (χ1n) is 7.78. The molecule has 0 bridgehead atoms. The molecule has 1 saturated heterocycles. The third-order valence-corrected chi connectivity index (χ3v) is 4.35. The van der Waals surface area contributed by atoms with E-state index in [4.69, 9.17) is 5.73 Å². The van der Waals surface area contributed by atoms with Crippen LogP contribution >= 0.6 is 0 Å². The van der Waals surface area contributed by atoms with Gasteiger partial charge in [-0.3, -0.25) is 0 Å². The Hall–Kier alpha value is -0.160. The molecule has 0 aliphatic carbocycles. The summed E-state index contributed by atoms with van der Waals surface area (Å²) in [7, 11) is 0. The van der Waals surface area contributed by atoms with Crippen LogP contribution in [0.15, 0.2) is 0 Å². The minimum atomic E-state index is -0.254. The van der Waals surface area contributed by atoms with E-state index < -0.39 is 0 Å². The zero-order valence-electron chi connectivity index (χ0n) is 13.2. The number of nitrogens with one attached hydrogen (secondary N) is 1. The van der Waals surface area contributed by atoms with Crippen LogP contribution in [0.3, 0.4) is 0 Å². The lowest BCUT2D eigenvalue weighted by molar-refractivity contribution is 0.154. The van der Waals surface area contributed by atoms with Gasteiger partial charge in [-0.15, -0.1) is 0 Å². The first-order chi connectivity index (χ1) is 8.88. The third kappa shape index (κ3) is 5.38. The second kappa shape index (κ2) is 7.58. The van der Waals surface area contributed by atoms with Gasteiger partial charge >= 0.3 is 0 Å². The fourth-order valence-electron chi connectivity index (χ4n) is 3.23. The SMILES string of the molecule is CC(O)CC(C)NC1(CN)CCCN(C(C)C)CC1. The van der Waals surface area contributed by atoms with Crippen molar-refractivity contribution >= 4 is 0 Å². The Balaban J connectivity index is 2.59. The second-order valence-corrected chi connectivity index (χ2v) is 6.60. The summed E-state index contributed by atoms with van der Waals surface area (Å²) in [4.78, 5) is 2.54. The van der Waals surface area contributed by atoms with Crippen molar-refractivity contribution in [3.05, 3.63) is 0 Å². The summed E-state index contributed by atoms with van der Waals surface area (Å²) in [6.45, 7) is 11.5. The molecule has 1 heterocycles. The van der Waals surface area contributed by atoms with Gasteiger partial charge in [0.25, 0.3) is 0 Å². The molecule has 114 valence electrons. The summed E-state index contributed by atoms with van der Waals surface area (Å²) >= 11 is 0. The lowest BCUT2D eigenvalue weighted by Gasteiger charge is -2.36. The van der Waals surface area contributed by atoms with Crippen molar-refractivity contribution in [1.29, 1.82) is 0 Å². The maximum absolute atomic E-state index is 9.50. The normalized spacial score (nSPS) is 29.2. The predicted octanol–water partition coefficient (Wildman–Crippen LogP) is 1.33. The van der Waals surface area contributed by atoms with Crippen molar-refractivity contribution in [2.75, 3.05) is 19.6 Å². The zero-order chi connectivity index (χ0) is 14.5. The molecule has 0 radical (unpaired) electrons. The number of likely N-dealkylation sites (tertiary alicyclic amines) is 1. The van der Waals surface area contributed by atoms with Gasteiger partial charge in [-0.1, -0.05) is 0 Å². The molecule has 0 aromatic heterocycles. The number of aliphatic hydroxyl groups is 1. The Morgan fingerprint density at radius 1 is 1.21 bits per heavy atom. The van der Waals surface area contributed by atoms with E-state index in [1.54, 1.807) is 0 Å². The van der Waals surface area contributed by atoms with Crippen LogP contribution in [-0.2, 0) is 0 Å². The van der Waals surface area contributed by atoms with Gasteiger partial charge in [0, 0.05) is 30.7 Å². The third-order valence-electron chi connectivity index (χ3n) is 4.35. The van der Waals surface area contributed by atoms with E-state index in [0.717, 1.165) is 25.8 Å². The molecule has 4 N–H and O–H groups in total. The highest BCUT2D eigenvalue weighted by Gasteiger charge is 2.32. The molecule has 0 amide bonds. The number of rotatable bonds is 6. The molecule has 1 fully saturated rings. The van der Waals surface area contributed by atoms with Crippen molar-refractivity contribution in [3.63, 3.8) is 0 Å². The highest BCUT2D eigenvalue weighted by Crippen LogP contribution is 2.23. The molecule has 4 nitrogen and oxygen atoms in total. The number of hydrogen-bond donors (Lipinski definition) is 3. The lowest BCUT2D eigenvalue weighted by atomic mass is 9.89. The van der Waals surface area contributed by atoms with E-state index in [-0.39, 0.29) is 11.6 Å². The molecule has 3 atom stereocenters. The molecule has 0 spiro atoms. The highest BCUT2D eigenvalue weighted by atomic mass is 16.3. The zero-order valence-corrected chi connectivity index (χ0v) is 13.2. The summed E-state index contributed by atoms with van der Waals surface area (Å²) in [5, 5.41) is 13.2. The summed E-state index contributed by atoms with van der Waals surface area (Å²) in [6, 6.07) is 0.928. The largest absolute Gasteiger partial charge is 0.393 e. The van der Waals surface area contributed by atoms with Crippen LogP contribution < -0.4 is 11.1 Å². The van der Waals surface area contributed by atoms with Gasteiger partial charge in [-0.25, -0.2) is 0 Å². The molecule has 3 unspecified atom stereocenters. The summed E-state index contributed by atoms with van der Waals surface area (Å²) in [5.74, 6) is 0. The predicted molar refractivity (Wildman–Crippen MR) is 81.2 cm³/mol. The molecule has 19 heavy (non-hydrogen) atoms. The van der Waals surface area contributed by atoms with Gasteiger partial charge in [0.05, 0.1) is 6.10 Å². The van der Waals surface area contributed by atoms with Gasteiger partial charge in [-0.2, -0.15) is 0 Å². The average molecular weight is 271 g/mol. The molecule has 0 saturated carbocycles. The quantitative estimate of drug-likeness (QED) is 0.682. The standard InChI is InChI=1S/C15H33N3O/c1-12(2)18-8-5-6-15(11-16,7-9-18)17-13(3)10-14(4)19/h12-14,17,19H,5-11,16H2,1-4H3. The lowest BCUT2D eigenvalue weighted by Crippen LogP contribution is -2.55. The van der Waals surface area contributed by atoms with Gasteiger partial charge in [0.15, 0.2) is 0 Å². The van der Waals surface area contributed by atoms with E-state index >= 15 is 0 Å². The molecule has 1 rings (SSSR count). The highest BCUT2D eigenvalue weighted by molar-refractivity contribution is 4.94. The van der Waals surface area contributed by atoms with E-state index in [2.05, 4.69) is 31.0 Å². The Morgan fingerprint density at radius 2 is 1.89 bits per heavy atom. The van der Waals surface area contributed by atoms with Crippen molar-refractivity contribution in [2.45, 2.75) is 77.1 Å². The molecule has 4 heteroatoms. The van der Waals surface area contributed by atoms with Crippen LogP contribution in [0.4, 0.5) is 0 Å². The first kappa shape index (κ1) is 16.9. The molecular weight excluding hydrogens is 238 g/mol. The van der Waals surface area contributed by atoms with Crippen LogP contribution in [0.5, 0.6) is 0 Å². The van der Waals surface area contributed by atoms with E-state index in [1.165, 1.54) is 13.0 Å². The molecular formula is C15H33N3O. The minimum Gasteiger partial charge on any atom is -0.393 e. The second-order valence-electron chi connectivity index (χ2n) is 6.60. The van der Waals surface area contributed by atoms with Gasteiger partial charge in [0.1, 0.15) is 0 Å². The number of aliphatic hydroxyl groups excluding tert-OH is 1. The molecule has 0 aromatic rings. The van der Waals surface area contributed by atoms with Crippen LogP contribution in [0, 0.1) is 0 Å². The van der Waals surface area contributed by atoms with Crippen LogP contribution in [0.1, 0.15) is 53.4 Å². The Bertz CT molecular complexity index is 258. The number of hydrogen-bond acceptors (Lipinski definition) is 4. The van der Waals surface area contributed by atoms with Crippen LogP contribution in [0.25, 0.3) is 0 Å². The smallest absolute Gasteiger partial charge is 0.0526 e. The van der Waals surface area contributed by atoms with Gasteiger partial charge in [-0.05, 0) is 59.9 Å². The van der Waals surface area contributed by atoms with E-state index in [1.807, 2.05) is 6.92 Å². The fraction of sp³-hybridized carbons (Fsp3) is 1.00. The van der Waals surface area contributed by atoms with Crippen LogP contribution in [0.2, 0.25) is 0 Å². The van der Waals surface area contributed by atoms with Crippen molar-refractivity contribution < 1.29 is 5.11 Å². The molecule has 0 aromatic carbocycles. The molecule has 1 aliphatic rings. The van der Waals surface area contributed by atoms with Gasteiger partial charge < -0.3 is 21.1 Å². The van der Waals surface area contributed by atoms with E-state index in [0.29, 0.717) is 18.6 Å². The fourth-order valence-corrected chi connectivity index (χ4v) is 3.23. The Kier molecular flexibility index (Phi) is 6.74. The van der Waals surface area contributed by atoms with Crippen molar-refractivity contribution in [2.24, 2.45) is 5.73 Å². The number of nitrogens with two attached hydrogens (primary N) is 1. The maximum atomic E-state index is 9.50. The van der Waals surface area contributed by atoms with E-state index in [9.17, 15) is 5.11 Å². The summed E-state index contributed by atoms with van der Waals surface area (Å²) < 4.78 is 0. The Morgan fingerprint density at radius 3 is 2.42 bits per heavy atom.